The maximum atomic E-state index is 12.7. The Morgan fingerprint density at radius 2 is 1.61 bits per heavy atom. The van der Waals surface area contributed by atoms with Crippen molar-refractivity contribution in [3.05, 3.63) is 83.0 Å². The summed E-state index contributed by atoms with van der Waals surface area (Å²) < 4.78 is 1.78. The summed E-state index contributed by atoms with van der Waals surface area (Å²) in [5.74, 6) is -0.0718. The Hall–Kier alpha value is -2.92. The molecule has 2 aromatic carbocycles. The van der Waals surface area contributed by atoms with Crippen molar-refractivity contribution in [2.75, 3.05) is 0 Å². The van der Waals surface area contributed by atoms with E-state index in [0.717, 1.165) is 22.4 Å². The van der Waals surface area contributed by atoms with E-state index in [-0.39, 0.29) is 5.91 Å². The Labute approximate surface area is 169 Å². The van der Waals surface area contributed by atoms with E-state index in [1.807, 2.05) is 20.0 Å². The number of nitrogens with zero attached hydrogens (tertiary/aromatic N) is 1. The first-order valence-electron chi connectivity index (χ1n) is 9.26. The number of hydrogen-bond donors (Lipinski definition) is 2. The van der Waals surface area contributed by atoms with E-state index in [1.54, 1.807) is 16.4 Å². The second kappa shape index (κ2) is 7.60. The molecule has 1 aliphatic heterocycles. The lowest BCUT2D eigenvalue weighted by atomic mass is 10.2. The van der Waals surface area contributed by atoms with Crippen molar-refractivity contribution in [2.45, 2.75) is 30.2 Å². The van der Waals surface area contributed by atoms with Crippen molar-refractivity contribution in [2.24, 2.45) is 7.05 Å². The van der Waals surface area contributed by atoms with Crippen LogP contribution in [0.1, 0.15) is 27.2 Å². The monoisotopic (exact) mass is 389 g/mol. The molecule has 0 saturated carbocycles. The van der Waals surface area contributed by atoms with Crippen molar-refractivity contribution < 1.29 is 4.79 Å². The Bertz CT molecular complexity index is 1070. The van der Waals surface area contributed by atoms with Gasteiger partial charge in [0.15, 0.2) is 0 Å². The molecule has 5 heteroatoms. The lowest BCUT2D eigenvalue weighted by Crippen LogP contribution is -2.25. The van der Waals surface area contributed by atoms with Gasteiger partial charge in [0, 0.05) is 28.9 Å². The van der Waals surface area contributed by atoms with E-state index in [9.17, 15) is 4.79 Å². The molecule has 0 bridgehead atoms. The third kappa shape index (κ3) is 3.85. The fourth-order valence-corrected chi connectivity index (χ4v) is 4.13. The molecule has 28 heavy (non-hydrogen) atoms. The van der Waals surface area contributed by atoms with Crippen molar-refractivity contribution >= 4 is 17.7 Å². The minimum atomic E-state index is -0.0718. The van der Waals surface area contributed by atoms with Crippen LogP contribution in [0, 0.1) is 13.8 Å². The molecule has 2 aromatic rings. The Morgan fingerprint density at radius 3 is 2.29 bits per heavy atom. The number of H-pyrrole nitrogens is 1. The highest BCUT2D eigenvalue weighted by atomic mass is 32.2. The van der Waals surface area contributed by atoms with E-state index >= 15 is 0 Å². The summed E-state index contributed by atoms with van der Waals surface area (Å²) in [5.41, 5.74) is 6.10. The van der Waals surface area contributed by atoms with Gasteiger partial charge in [-0.1, -0.05) is 41.6 Å². The third-order valence-electron chi connectivity index (χ3n) is 4.76. The van der Waals surface area contributed by atoms with Crippen molar-refractivity contribution in [3.63, 3.8) is 0 Å². The molecule has 1 heterocycles. The molecule has 142 valence electrons. The second-order valence-corrected chi connectivity index (χ2v) is 8.27. The quantitative estimate of drug-likeness (QED) is 0.495. The molecule has 1 aliphatic carbocycles. The zero-order valence-corrected chi connectivity index (χ0v) is 17.1. The molecule has 0 spiro atoms. The third-order valence-corrected chi connectivity index (χ3v) is 5.78. The summed E-state index contributed by atoms with van der Waals surface area (Å²) in [6, 6.07) is 20.9. The Morgan fingerprint density at radius 1 is 0.964 bits per heavy atom. The van der Waals surface area contributed by atoms with Gasteiger partial charge in [-0.25, -0.2) is 0 Å². The molecule has 0 radical (unpaired) electrons. The molecule has 1 amide bonds. The highest BCUT2D eigenvalue weighted by Crippen LogP contribution is 2.29. The number of amides is 1. The average molecular weight is 390 g/mol. The SMILES string of the molecule is Cc1ccc(Sc2ccc(CNC(=O)c3c4cc(C)cc-4[nH]n3C)cc2)cc1. The summed E-state index contributed by atoms with van der Waals surface area (Å²) in [4.78, 5) is 15.1. The van der Waals surface area contributed by atoms with Crippen LogP contribution in [0.3, 0.4) is 0 Å². The highest BCUT2D eigenvalue weighted by Gasteiger charge is 2.21. The van der Waals surface area contributed by atoms with Crippen LogP contribution >= 0.6 is 11.8 Å². The largest absolute Gasteiger partial charge is 0.347 e. The van der Waals surface area contributed by atoms with Crippen LogP contribution < -0.4 is 5.32 Å². The van der Waals surface area contributed by atoms with E-state index in [2.05, 4.69) is 71.9 Å². The number of hydrogen-bond acceptors (Lipinski definition) is 2. The van der Waals surface area contributed by atoms with Crippen LogP contribution in [0.4, 0.5) is 0 Å². The summed E-state index contributed by atoms with van der Waals surface area (Å²) in [6.07, 6.45) is 0. The first-order chi connectivity index (χ1) is 13.5. The molecule has 4 rings (SSSR count). The summed E-state index contributed by atoms with van der Waals surface area (Å²) >= 11 is 1.74. The molecular formula is C23H23N3OS. The summed E-state index contributed by atoms with van der Waals surface area (Å²) in [7, 11) is 1.86. The van der Waals surface area contributed by atoms with Crippen molar-refractivity contribution in [1.82, 2.24) is 15.1 Å². The van der Waals surface area contributed by atoms with Gasteiger partial charge in [-0.2, -0.15) is 0 Å². The molecule has 0 unspecified atom stereocenters. The number of benzene rings is 2. The first-order valence-corrected chi connectivity index (χ1v) is 10.1. The van der Waals surface area contributed by atoms with Gasteiger partial charge in [0.2, 0.25) is 0 Å². The van der Waals surface area contributed by atoms with Crippen LogP contribution in [-0.2, 0) is 13.6 Å². The number of carbonyl (C=O) groups is 1. The number of aromatic nitrogens is 2. The minimum absolute atomic E-state index is 0.0718. The summed E-state index contributed by atoms with van der Waals surface area (Å²) in [5, 5.41) is 6.25. The van der Waals surface area contributed by atoms with Gasteiger partial charge in [0.1, 0.15) is 5.69 Å². The molecule has 0 aromatic heterocycles. The fourth-order valence-electron chi connectivity index (χ4n) is 3.32. The van der Waals surface area contributed by atoms with Gasteiger partial charge in [-0.3, -0.25) is 14.6 Å². The Kier molecular flexibility index (Phi) is 5.01. The van der Waals surface area contributed by atoms with Gasteiger partial charge in [-0.05, 0) is 61.4 Å². The predicted molar refractivity (Wildman–Crippen MR) is 114 cm³/mol. The maximum absolute atomic E-state index is 12.7. The minimum Gasteiger partial charge on any atom is -0.347 e. The fraction of sp³-hybridized carbons (Fsp3) is 0.174. The number of carbonyl (C=O) groups excluding carboxylic acids is 1. The number of fused-ring (bicyclic) bond motifs is 1. The smallest absolute Gasteiger partial charge is 0.270 e. The molecular weight excluding hydrogens is 366 g/mol. The molecule has 2 aliphatic rings. The van der Waals surface area contributed by atoms with E-state index < -0.39 is 0 Å². The van der Waals surface area contributed by atoms with E-state index in [0.29, 0.717) is 12.2 Å². The molecule has 4 nitrogen and oxygen atoms in total. The van der Waals surface area contributed by atoms with E-state index in [4.69, 9.17) is 0 Å². The normalized spacial score (nSPS) is 11.1. The Balaban J connectivity index is 1.40. The highest BCUT2D eigenvalue weighted by molar-refractivity contribution is 7.99. The van der Waals surface area contributed by atoms with E-state index in [1.165, 1.54) is 15.4 Å². The maximum Gasteiger partial charge on any atom is 0.270 e. The van der Waals surface area contributed by atoms with Crippen LogP contribution in [0.25, 0.3) is 11.3 Å². The van der Waals surface area contributed by atoms with Crippen LogP contribution in [0.5, 0.6) is 0 Å². The van der Waals surface area contributed by atoms with Crippen LogP contribution in [0.2, 0.25) is 0 Å². The second-order valence-electron chi connectivity index (χ2n) is 7.12. The number of aromatic amines is 1. The van der Waals surface area contributed by atoms with Crippen molar-refractivity contribution in [3.8, 4) is 11.3 Å². The van der Waals surface area contributed by atoms with Crippen molar-refractivity contribution in [1.29, 1.82) is 0 Å². The zero-order valence-electron chi connectivity index (χ0n) is 16.2. The molecule has 2 N–H and O–H groups in total. The number of nitrogens with one attached hydrogen (secondary N) is 2. The topological polar surface area (TPSA) is 49.8 Å². The van der Waals surface area contributed by atoms with Gasteiger partial charge in [0.05, 0.1) is 5.69 Å². The molecule has 0 saturated heterocycles. The predicted octanol–water partition coefficient (Wildman–Crippen LogP) is 5.16. The number of aryl methyl sites for hydroxylation is 3. The average Bonchev–Trinajstić information content (AvgIpc) is 3.17. The van der Waals surface area contributed by atoms with Gasteiger partial charge in [0.25, 0.3) is 5.91 Å². The standard InChI is InChI=1S/C23H23N3OS/c1-15-4-8-18(9-5-15)28-19-10-6-17(7-11-19)14-24-23(27)22-20-12-16(2)13-21(20)25-26(22)3/h4-13,25H,14H2,1-3H3,(H,24,27). The van der Waals surface area contributed by atoms with Crippen LogP contribution in [0.15, 0.2) is 70.5 Å². The lowest BCUT2D eigenvalue weighted by molar-refractivity contribution is 0.0942. The van der Waals surface area contributed by atoms with Crippen LogP contribution in [-0.4, -0.2) is 15.7 Å². The number of rotatable bonds is 5. The summed E-state index contributed by atoms with van der Waals surface area (Å²) in [6.45, 7) is 4.63. The molecule has 0 atom stereocenters. The zero-order chi connectivity index (χ0) is 19.7. The van der Waals surface area contributed by atoms with Gasteiger partial charge < -0.3 is 5.32 Å². The van der Waals surface area contributed by atoms with Gasteiger partial charge in [-0.15, -0.1) is 0 Å². The molecule has 0 fully saturated rings. The lowest BCUT2D eigenvalue weighted by Gasteiger charge is -2.08. The first kappa shape index (κ1) is 18.4. The van der Waals surface area contributed by atoms with Gasteiger partial charge >= 0.3 is 0 Å².